The zero-order valence-corrected chi connectivity index (χ0v) is 11.5. The van der Waals surface area contributed by atoms with Gasteiger partial charge in [-0.2, -0.15) is 4.39 Å². The minimum atomic E-state index is -1.21. The van der Waals surface area contributed by atoms with Crippen molar-refractivity contribution in [1.29, 1.82) is 0 Å². The second kappa shape index (κ2) is 6.36. The summed E-state index contributed by atoms with van der Waals surface area (Å²) in [5.74, 6) is -1.21. The van der Waals surface area contributed by atoms with E-state index in [1.54, 1.807) is 23.2 Å². The van der Waals surface area contributed by atoms with Gasteiger partial charge in [0.1, 0.15) is 0 Å². The van der Waals surface area contributed by atoms with Gasteiger partial charge in [0.25, 0.3) is 5.56 Å². The number of hydrogen-bond donors (Lipinski definition) is 2. The van der Waals surface area contributed by atoms with Crippen LogP contribution < -0.4 is 16.6 Å². The molecule has 0 aliphatic rings. The number of amides is 1. The van der Waals surface area contributed by atoms with Crippen LogP contribution in [0, 0.1) is 5.82 Å². The molecule has 1 aromatic heterocycles. The van der Waals surface area contributed by atoms with Gasteiger partial charge in [0, 0.05) is 11.6 Å². The molecule has 8 heteroatoms. The summed E-state index contributed by atoms with van der Waals surface area (Å²) in [7, 11) is 0. The molecule has 1 aromatic carbocycles. The molecule has 2 rings (SSSR count). The van der Waals surface area contributed by atoms with Crippen molar-refractivity contribution >= 4 is 17.6 Å². The molecule has 2 aromatic rings. The van der Waals surface area contributed by atoms with E-state index in [9.17, 15) is 18.8 Å². The highest BCUT2D eigenvalue weighted by Gasteiger charge is 2.10. The molecule has 0 radical (unpaired) electrons. The first-order valence-corrected chi connectivity index (χ1v) is 6.39. The van der Waals surface area contributed by atoms with Crippen molar-refractivity contribution < 1.29 is 9.18 Å². The number of carbonyl (C=O) groups excluding carboxylic acids is 1. The zero-order valence-electron chi connectivity index (χ0n) is 10.7. The molecule has 0 saturated carbocycles. The fraction of sp³-hybridized carbons (Fsp3) is 0.154. The van der Waals surface area contributed by atoms with Crippen molar-refractivity contribution in [3.63, 3.8) is 0 Å². The highest BCUT2D eigenvalue weighted by atomic mass is 35.5. The normalized spacial score (nSPS) is 10.4. The predicted molar refractivity (Wildman–Crippen MR) is 75.2 cm³/mol. The standard InChI is InChI=1S/C13H11ClFN3O3/c14-9-3-1-2-8(6-9)4-5-16-12(20)18-7-10(15)11(19)17-13(18)21/h1-3,6-7H,4-5H2,(H,16,20)(H,17,19,21). The van der Waals surface area contributed by atoms with E-state index < -0.39 is 23.1 Å². The Morgan fingerprint density at radius 3 is 2.86 bits per heavy atom. The van der Waals surface area contributed by atoms with Gasteiger partial charge in [-0.3, -0.25) is 9.78 Å². The number of nitrogens with one attached hydrogen (secondary N) is 2. The first-order chi connectivity index (χ1) is 9.97. The smallest absolute Gasteiger partial charge is 0.336 e. The molecule has 21 heavy (non-hydrogen) atoms. The molecule has 0 spiro atoms. The molecule has 0 bridgehead atoms. The molecule has 0 unspecified atom stereocenters. The van der Waals surface area contributed by atoms with Gasteiger partial charge in [0.2, 0.25) is 5.82 Å². The van der Waals surface area contributed by atoms with Crippen molar-refractivity contribution in [3.05, 3.63) is 67.7 Å². The Morgan fingerprint density at radius 2 is 2.14 bits per heavy atom. The van der Waals surface area contributed by atoms with E-state index in [2.05, 4.69) is 5.32 Å². The fourth-order valence-corrected chi connectivity index (χ4v) is 1.90. The molecule has 0 saturated heterocycles. The molecule has 0 fully saturated rings. The van der Waals surface area contributed by atoms with Crippen molar-refractivity contribution in [1.82, 2.24) is 14.9 Å². The van der Waals surface area contributed by atoms with E-state index in [0.29, 0.717) is 22.2 Å². The lowest BCUT2D eigenvalue weighted by atomic mass is 10.1. The highest BCUT2D eigenvalue weighted by Crippen LogP contribution is 2.10. The largest absolute Gasteiger partial charge is 0.337 e. The maximum absolute atomic E-state index is 13.1. The molecular weight excluding hydrogens is 301 g/mol. The van der Waals surface area contributed by atoms with Crippen molar-refractivity contribution in [2.24, 2.45) is 0 Å². The van der Waals surface area contributed by atoms with Crippen LogP contribution in [0.15, 0.2) is 40.1 Å². The van der Waals surface area contributed by atoms with Crippen LogP contribution >= 0.6 is 11.6 Å². The van der Waals surface area contributed by atoms with Crippen LogP contribution in [0.2, 0.25) is 5.02 Å². The van der Waals surface area contributed by atoms with Crippen LogP contribution in [0.3, 0.4) is 0 Å². The van der Waals surface area contributed by atoms with Crippen molar-refractivity contribution in [2.45, 2.75) is 6.42 Å². The van der Waals surface area contributed by atoms with Crippen molar-refractivity contribution in [2.75, 3.05) is 6.54 Å². The number of carbonyl (C=O) groups is 1. The number of aromatic amines is 1. The molecular formula is C13H11ClFN3O3. The van der Waals surface area contributed by atoms with Gasteiger partial charge < -0.3 is 5.32 Å². The van der Waals surface area contributed by atoms with Gasteiger partial charge in [-0.15, -0.1) is 0 Å². The van der Waals surface area contributed by atoms with Gasteiger partial charge in [0.15, 0.2) is 0 Å². The second-order valence-electron chi connectivity index (χ2n) is 4.22. The molecule has 1 heterocycles. The average Bonchev–Trinajstić information content (AvgIpc) is 2.43. The van der Waals surface area contributed by atoms with E-state index in [-0.39, 0.29) is 6.54 Å². The molecule has 0 aliphatic heterocycles. The van der Waals surface area contributed by atoms with Crippen molar-refractivity contribution in [3.8, 4) is 0 Å². The van der Waals surface area contributed by atoms with Gasteiger partial charge in [-0.1, -0.05) is 23.7 Å². The third kappa shape index (κ3) is 3.79. The lowest BCUT2D eigenvalue weighted by Gasteiger charge is -2.07. The van der Waals surface area contributed by atoms with E-state index >= 15 is 0 Å². The molecule has 6 nitrogen and oxygen atoms in total. The zero-order chi connectivity index (χ0) is 15.4. The molecule has 0 atom stereocenters. The van der Waals surface area contributed by atoms with Gasteiger partial charge >= 0.3 is 11.7 Å². The molecule has 0 aliphatic carbocycles. The van der Waals surface area contributed by atoms with E-state index in [1.165, 1.54) is 0 Å². The van der Waals surface area contributed by atoms with Gasteiger partial charge in [0.05, 0.1) is 6.20 Å². The summed E-state index contributed by atoms with van der Waals surface area (Å²) in [6, 6.07) is 6.27. The van der Waals surface area contributed by atoms with Crippen LogP contribution in [0.4, 0.5) is 9.18 Å². The number of nitrogens with zero attached hydrogens (tertiary/aromatic N) is 1. The number of H-pyrrole nitrogens is 1. The minimum Gasteiger partial charge on any atom is -0.337 e. The summed E-state index contributed by atoms with van der Waals surface area (Å²) in [5.41, 5.74) is -1.26. The quantitative estimate of drug-likeness (QED) is 0.891. The summed E-state index contributed by atoms with van der Waals surface area (Å²) < 4.78 is 13.5. The number of halogens is 2. The van der Waals surface area contributed by atoms with Crippen LogP contribution in [0.1, 0.15) is 5.56 Å². The Balaban J connectivity index is 2.01. The second-order valence-corrected chi connectivity index (χ2v) is 4.65. The number of aromatic nitrogens is 2. The first kappa shape index (κ1) is 15.0. The number of benzene rings is 1. The molecule has 110 valence electrons. The summed E-state index contributed by atoms with van der Waals surface area (Å²) in [6.45, 7) is 0.229. The van der Waals surface area contributed by atoms with Crippen LogP contribution in [-0.2, 0) is 6.42 Å². The highest BCUT2D eigenvalue weighted by molar-refractivity contribution is 6.30. The number of rotatable bonds is 3. The third-order valence-corrected chi connectivity index (χ3v) is 2.93. The monoisotopic (exact) mass is 311 g/mol. The summed E-state index contributed by atoms with van der Waals surface area (Å²) in [4.78, 5) is 35.7. The Morgan fingerprint density at radius 1 is 1.38 bits per heavy atom. The fourth-order valence-electron chi connectivity index (χ4n) is 1.69. The van der Waals surface area contributed by atoms with Crippen LogP contribution in [-0.4, -0.2) is 22.1 Å². The summed E-state index contributed by atoms with van der Waals surface area (Å²) in [6.07, 6.45) is 1.04. The summed E-state index contributed by atoms with van der Waals surface area (Å²) in [5, 5.41) is 3.03. The Kier molecular flexibility index (Phi) is 4.54. The van der Waals surface area contributed by atoms with Crippen LogP contribution in [0.5, 0.6) is 0 Å². The maximum Gasteiger partial charge on any atom is 0.336 e. The Labute approximate surface area is 123 Å². The van der Waals surface area contributed by atoms with E-state index in [4.69, 9.17) is 11.6 Å². The molecule has 1 amide bonds. The first-order valence-electron chi connectivity index (χ1n) is 6.01. The SMILES string of the molecule is O=C(NCCc1cccc(Cl)c1)n1cc(F)c(=O)[nH]c1=O. The van der Waals surface area contributed by atoms with E-state index in [0.717, 1.165) is 5.56 Å². The number of hydrogen-bond acceptors (Lipinski definition) is 3. The third-order valence-electron chi connectivity index (χ3n) is 2.70. The summed E-state index contributed by atoms with van der Waals surface area (Å²) >= 11 is 5.83. The lowest BCUT2D eigenvalue weighted by molar-refractivity contribution is 0.241. The molecule has 2 N–H and O–H groups in total. The van der Waals surface area contributed by atoms with Gasteiger partial charge in [-0.05, 0) is 24.1 Å². The Hall–Kier alpha value is -2.41. The topological polar surface area (TPSA) is 84.0 Å². The van der Waals surface area contributed by atoms with Gasteiger partial charge in [-0.25, -0.2) is 14.2 Å². The Bertz CT molecular complexity index is 785. The maximum atomic E-state index is 13.1. The lowest BCUT2D eigenvalue weighted by Crippen LogP contribution is -2.41. The van der Waals surface area contributed by atoms with Crippen LogP contribution in [0.25, 0.3) is 0 Å². The average molecular weight is 312 g/mol. The van der Waals surface area contributed by atoms with E-state index in [1.807, 2.05) is 6.07 Å². The predicted octanol–water partition coefficient (Wildman–Crippen LogP) is 1.13. The minimum absolute atomic E-state index is 0.229.